The van der Waals surface area contributed by atoms with Crippen LogP contribution in [0.4, 0.5) is 0 Å². The van der Waals surface area contributed by atoms with Crippen molar-refractivity contribution in [3.63, 3.8) is 0 Å². The average molecular weight is 228 g/mol. The van der Waals surface area contributed by atoms with Crippen LogP contribution < -0.4 is 0 Å². The van der Waals surface area contributed by atoms with Gasteiger partial charge in [0.2, 0.25) is 0 Å². The highest BCUT2D eigenvalue weighted by molar-refractivity contribution is 5.84. The second-order valence-electron chi connectivity index (χ2n) is 3.91. The van der Waals surface area contributed by atoms with E-state index in [0.29, 0.717) is 0 Å². The van der Waals surface area contributed by atoms with Gasteiger partial charge >= 0.3 is 0 Å². The van der Waals surface area contributed by atoms with E-state index in [1.165, 1.54) is 0 Å². The molecule has 0 saturated heterocycles. The normalized spacial score (nSPS) is 9.78. The van der Waals surface area contributed by atoms with E-state index >= 15 is 0 Å². The maximum Gasteiger partial charge on any atom is 0.0714 e. The van der Waals surface area contributed by atoms with Crippen molar-refractivity contribution in [2.75, 3.05) is 0 Å². The molecule has 0 amide bonds. The lowest BCUT2D eigenvalue weighted by atomic mass is 10.1. The monoisotopic (exact) mass is 228 g/mol. The van der Waals surface area contributed by atoms with Gasteiger partial charge in [-0.2, -0.15) is 0 Å². The molecule has 0 aliphatic heterocycles. The summed E-state index contributed by atoms with van der Waals surface area (Å²) in [4.78, 5) is 4.32. The average Bonchev–Trinajstić information content (AvgIpc) is 2.46. The summed E-state index contributed by atoms with van der Waals surface area (Å²) in [6.07, 6.45) is 1.80. The van der Waals surface area contributed by atoms with Crippen LogP contribution in [0.3, 0.4) is 0 Å². The summed E-state index contributed by atoms with van der Waals surface area (Å²) in [5.74, 6) is 6.36. The van der Waals surface area contributed by atoms with Crippen LogP contribution in [0.1, 0.15) is 11.1 Å². The number of hydrogen-bond donors (Lipinski definition) is 0. The maximum absolute atomic E-state index is 4.32. The van der Waals surface area contributed by atoms with Crippen molar-refractivity contribution >= 4 is 10.9 Å². The third-order valence-electron chi connectivity index (χ3n) is 2.71. The van der Waals surface area contributed by atoms with Gasteiger partial charge in [-0.05, 0) is 30.3 Å². The summed E-state index contributed by atoms with van der Waals surface area (Å²) in [6.45, 7) is 0. The predicted molar refractivity (Wildman–Crippen MR) is 73.0 cm³/mol. The Kier molecular flexibility index (Phi) is 2.77. The molecule has 83 valence electrons. The Morgan fingerprint density at radius 1 is 0.889 bits per heavy atom. The molecule has 0 N–H and O–H groups in total. The minimum absolute atomic E-state index is 0.977. The van der Waals surface area contributed by atoms with Crippen LogP contribution in [-0.4, -0.2) is 4.98 Å². The van der Waals surface area contributed by atoms with Gasteiger partial charge in [-0.1, -0.05) is 42.2 Å². The molecule has 3 aromatic rings. The van der Waals surface area contributed by atoms with E-state index in [-0.39, 0.29) is 0 Å². The van der Waals surface area contributed by atoms with Gasteiger partial charge in [-0.25, -0.2) is 0 Å². The van der Waals surface area contributed by atoms with Crippen LogP contribution in [0.25, 0.3) is 10.9 Å². The predicted octanol–water partition coefficient (Wildman–Crippen LogP) is 3.43. The molecule has 0 unspecified atom stereocenters. The summed E-state index contributed by atoms with van der Waals surface area (Å²) in [5.41, 5.74) is 2.98. The number of para-hydroxylation sites is 1. The van der Waals surface area contributed by atoms with Crippen LogP contribution in [-0.2, 0) is 0 Å². The lowest BCUT2D eigenvalue weighted by Gasteiger charge is -1.98. The van der Waals surface area contributed by atoms with Crippen molar-refractivity contribution in [2.24, 2.45) is 0 Å². The molecule has 1 radical (unpaired) electrons. The molecule has 0 spiro atoms. The number of fused-ring (bicyclic) bond motifs is 1. The van der Waals surface area contributed by atoms with Gasteiger partial charge < -0.3 is 0 Å². The van der Waals surface area contributed by atoms with E-state index in [9.17, 15) is 0 Å². The molecular weight excluding hydrogens is 218 g/mol. The molecule has 0 bridgehead atoms. The molecule has 0 aliphatic carbocycles. The third kappa shape index (κ3) is 2.09. The summed E-state index contributed by atoms with van der Waals surface area (Å²) >= 11 is 0. The SMILES string of the molecule is C(#Cc1ccnc2ccccc12)c1cc[c]cc1. The lowest BCUT2D eigenvalue weighted by molar-refractivity contribution is 1.40. The number of benzene rings is 2. The summed E-state index contributed by atoms with van der Waals surface area (Å²) in [7, 11) is 0. The van der Waals surface area contributed by atoms with Crippen molar-refractivity contribution in [3.8, 4) is 11.8 Å². The second-order valence-corrected chi connectivity index (χ2v) is 3.91. The minimum Gasteiger partial charge on any atom is -0.256 e. The van der Waals surface area contributed by atoms with Gasteiger partial charge in [-0.3, -0.25) is 4.98 Å². The largest absolute Gasteiger partial charge is 0.256 e. The molecule has 0 atom stereocenters. The Morgan fingerprint density at radius 3 is 2.61 bits per heavy atom. The molecule has 1 nitrogen and oxygen atoms in total. The van der Waals surface area contributed by atoms with E-state index < -0.39 is 0 Å². The zero-order valence-electron chi connectivity index (χ0n) is 9.72. The first-order valence-corrected chi connectivity index (χ1v) is 5.75. The fourth-order valence-corrected chi connectivity index (χ4v) is 1.81. The molecule has 0 fully saturated rings. The maximum atomic E-state index is 4.32. The van der Waals surface area contributed by atoms with Gasteiger partial charge in [0.1, 0.15) is 0 Å². The first kappa shape index (κ1) is 10.6. The zero-order valence-corrected chi connectivity index (χ0v) is 9.72. The number of hydrogen-bond acceptors (Lipinski definition) is 1. The van der Waals surface area contributed by atoms with E-state index in [4.69, 9.17) is 0 Å². The van der Waals surface area contributed by atoms with Crippen molar-refractivity contribution in [1.82, 2.24) is 4.98 Å². The molecule has 1 aromatic heterocycles. The van der Waals surface area contributed by atoms with Gasteiger partial charge in [0.15, 0.2) is 0 Å². The molecule has 0 saturated carbocycles. The van der Waals surface area contributed by atoms with Gasteiger partial charge in [0, 0.05) is 22.7 Å². The Morgan fingerprint density at radius 2 is 1.72 bits per heavy atom. The first-order chi connectivity index (χ1) is 8.93. The standard InChI is InChI=1S/C17H10N/c1-2-6-14(7-3-1)10-11-15-12-13-18-17-9-5-4-8-16(15)17/h2-9,12-13H. The Labute approximate surface area is 106 Å². The van der Waals surface area contributed by atoms with Crippen LogP contribution >= 0.6 is 0 Å². The van der Waals surface area contributed by atoms with E-state index in [0.717, 1.165) is 22.0 Å². The lowest BCUT2D eigenvalue weighted by Crippen LogP contribution is -1.82. The fraction of sp³-hybridized carbons (Fsp3) is 0. The topological polar surface area (TPSA) is 12.9 Å². The van der Waals surface area contributed by atoms with Crippen molar-refractivity contribution < 1.29 is 0 Å². The molecule has 0 aliphatic rings. The summed E-state index contributed by atoms with van der Waals surface area (Å²) < 4.78 is 0. The highest BCUT2D eigenvalue weighted by Gasteiger charge is 1.97. The second kappa shape index (κ2) is 4.73. The van der Waals surface area contributed by atoms with Crippen LogP contribution in [0.5, 0.6) is 0 Å². The highest BCUT2D eigenvalue weighted by atomic mass is 14.6. The Hall–Kier alpha value is -2.59. The Bertz CT molecular complexity index is 728. The molecule has 2 aromatic carbocycles. The van der Waals surface area contributed by atoms with Crippen molar-refractivity contribution in [1.29, 1.82) is 0 Å². The molecule has 1 heteroatoms. The third-order valence-corrected chi connectivity index (χ3v) is 2.71. The van der Waals surface area contributed by atoms with Crippen LogP contribution in [0, 0.1) is 17.9 Å². The van der Waals surface area contributed by atoms with Crippen molar-refractivity contribution in [2.45, 2.75) is 0 Å². The molecule has 18 heavy (non-hydrogen) atoms. The molecule has 3 rings (SSSR count). The smallest absolute Gasteiger partial charge is 0.0714 e. The number of nitrogens with zero attached hydrogens (tertiary/aromatic N) is 1. The summed E-state index contributed by atoms with van der Waals surface area (Å²) in [5, 5.41) is 1.09. The Balaban J connectivity index is 2.09. The van der Waals surface area contributed by atoms with Crippen molar-refractivity contribution in [3.05, 3.63) is 78.0 Å². The number of rotatable bonds is 0. The summed E-state index contributed by atoms with van der Waals surface area (Å²) in [6, 6.07) is 20.6. The van der Waals surface area contributed by atoms with E-state index in [1.807, 2.05) is 54.6 Å². The van der Waals surface area contributed by atoms with Crippen LogP contribution in [0.2, 0.25) is 0 Å². The van der Waals surface area contributed by atoms with Gasteiger partial charge in [-0.15, -0.1) is 0 Å². The zero-order chi connectivity index (χ0) is 12.2. The highest BCUT2D eigenvalue weighted by Crippen LogP contribution is 2.14. The fourth-order valence-electron chi connectivity index (χ4n) is 1.81. The van der Waals surface area contributed by atoms with E-state index in [1.54, 1.807) is 6.20 Å². The number of aromatic nitrogens is 1. The number of pyridine rings is 1. The van der Waals surface area contributed by atoms with Gasteiger partial charge in [0.25, 0.3) is 0 Å². The first-order valence-electron chi connectivity index (χ1n) is 5.75. The van der Waals surface area contributed by atoms with E-state index in [2.05, 4.69) is 22.9 Å². The van der Waals surface area contributed by atoms with Crippen LogP contribution in [0.15, 0.2) is 60.8 Å². The molecule has 1 heterocycles. The molecular formula is C17H10N. The van der Waals surface area contributed by atoms with Gasteiger partial charge in [0.05, 0.1) is 5.52 Å². The minimum atomic E-state index is 0.977. The quantitative estimate of drug-likeness (QED) is 0.537.